The number of rotatable bonds is 6. The summed E-state index contributed by atoms with van der Waals surface area (Å²) in [5.74, 6) is -0.184. The van der Waals surface area contributed by atoms with E-state index in [9.17, 15) is 9.50 Å². The minimum atomic E-state index is -0.184. The minimum Gasteiger partial charge on any atom is -0.394 e. The predicted octanol–water partition coefficient (Wildman–Crippen LogP) is 2.29. The van der Waals surface area contributed by atoms with Crippen LogP contribution in [0.4, 0.5) is 10.1 Å². The zero-order valence-electron chi connectivity index (χ0n) is 11.5. The molecule has 4 heteroatoms. The number of halogens is 1. The van der Waals surface area contributed by atoms with E-state index in [2.05, 4.69) is 12.2 Å². The summed E-state index contributed by atoms with van der Waals surface area (Å²) in [7, 11) is 0. The molecule has 1 saturated heterocycles. The second-order valence-electron chi connectivity index (χ2n) is 5.13. The van der Waals surface area contributed by atoms with E-state index in [0.717, 1.165) is 37.9 Å². The highest BCUT2D eigenvalue weighted by molar-refractivity contribution is 5.51. The van der Waals surface area contributed by atoms with Gasteiger partial charge in [-0.2, -0.15) is 0 Å². The molecule has 1 unspecified atom stereocenters. The molecule has 0 spiro atoms. The lowest BCUT2D eigenvalue weighted by Crippen LogP contribution is -2.32. The number of benzene rings is 1. The molecule has 1 aliphatic heterocycles. The average Bonchev–Trinajstić information content (AvgIpc) is 2.87. The molecule has 0 aromatic heterocycles. The highest BCUT2D eigenvalue weighted by Crippen LogP contribution is 2.28. The van der Waals surface area contributed by atoms with Gasteiger partial charge in [0.05, 0.1) is 18.3 Å². The smallest absolute Gasteiger partial charge is 0.146 e. The molecular weight excluding hydrogens is 243 g/mol. The summed E-state index contributed by atoms with van der Waals surface area (Å²) in [6.45, 7) is 4.68. The van der Waals surface area contributed by atoms with Crippen LogP contribution in [0.2, 0.25) is 0 Å². The second-order valence-corrected chi connectivity index (χ2v) is 5.13. The standard InChI is InChI=1S/C15H23FN2O/c1-2-7-17-10-12-5-6-15(14(16)9-12)18-8-3-4-13(18)11-19/h5-6,9,13,17,19H,2-4,7-8,10-11H2,1H3. The maximum Gasteiger partial charge on any atom is 0.146 e. The molecule has 2 rings (SSSR count). The number of anilines is 1. The van der Waals surface area contributed by atoms with Crippen molar-refractivity contribution in [3.05, 3.63) is 29.6 Å². The molecule has 3 nitrogen and oxygen atoms in total. The van der Waals surface area contributed by atoms with E-state index in [0.29, 0.717) is 12.2 Å². The number of hydrogen-bond acceptors (Lipinski definition) is 3. The fourth-order valence-corrected chi connectivity index (χ4v) is 2.65. The molecule has 0 bridgehead atoms. The zero-order chi connectivity index (χ0) is 13.7. The predicted molar refractivity (Wildman–Crippen MR) is 75.9 cm³/mol. The Labute approximate surface area is 114 Å². The van der Waals surface area contributed by atoms with Crippen LogP contribution in [-0.4, -0.2) is 30.8 Å². The number of hydrogen-bond donors (Lipinski definition) is 2. The maximum atomic E-state index is 14.2. The van der Waals surface area contributed by atoms with Crippen molar-refractivity contribution in [2.75, 3.05) is 24.6 Å². The van der Waals surface area contributed by atoms with Crippen molar-refractivity contribution in [1.29, 1.82) is 0 Å². The zero-order valence-corrected chi connectivity index (χ0v) is 11.5. The molecule has 19 heavy (non-hydrogen) atoms. The van der Waals surface area contributed by atoms with Crippen LogP contribution in [0, 0.1) is 5.82 Å². The van der Waals surface area contributed by atoms with Gasteiger partial charge >= 0.3 is 0 Å². The number of aliphatic hydroxyl groups is 1. The van der Waals surface area contributed by atoms with Crippen molar-refractivity contribution in [3.8, 4) is 0 Å². The van der Waals surface area contributed by atoms with Gasteiger partial charge in [0.15, 0.2) is 0 Å². The lowest BCUT2D eigenvalue weighted by atomic mass is 10.1. The number of nitrogens with zero attached hydrogens (tertiary/aromatic N) is 1. The Hall–Kier alpha value is -1.13. The molecule has 0 saturated carbocycles. The van der Waals surface area contributed by atoms with E-state index >= 15 is 0 Å². The van der Waals surface area contributed by atoms with E-state index < -0.39 is 0 Å². The van der Waals surface area contributed by atoms with Crippen LogP contribution in [-0.2, 0) is 6.54 Å². The first-order valence-electron chi connectivity index (χ1n) is 7.13. The SMILES string of the molecule is CCCNCc1ccc(N2CCCC2CO)c(F)c1. The normalized spacial score (nSPS) is 19.1. The van der Waals surface area contributed by atoms with Crippen molar-refractivity contribution in [3.63, 3.8) is 0 Å². The highest BCUT2D eigenvalue weighted by atomic mass is 19.1. The minimum absolute atomic E-state index is 0.0681. The van der Waals surface area contributed by atoms with Gasteiger partial charge in [-0.05, 0) is 43.5 Å². The van der Waals surface area contributed by atoms with Crippen LogP contribution in [0.15, 0.2) is 18.2 Å². The fraction of sp³-hybridized carbons (Fsp3) is 0.600. The summed E-state index contributed by atoms with van der Waals surface area (Å²) >= 11 is 0. The molecule has 2 N–H and O–H groups in total. The highest BCUT2D eigenvalue weighted by Gasteiger charge is 2.25. The molecule has 1 heterocycles. The van der Waals surface area contributed by atoms with Gasteiger partial charge in [0.1, 0.15) is 5.82 Å². The molecule has 1 fully saturated rings. The van der Waals surface area contributed by atoms with Crippen LogP contribution < -0.4 is 10.2 Å². The first-order chi connectivity index (χ1) is 9.26. The van der Waals surface area contributed by atoms with Gasteiger partial charge in [-0.3, -0.25) is 0 Å². The molecule has 106 valence electrons. The maximum absolute atomic E-state index is 14.2. The van der Waals surface area contributed by atoms with Crippen LogP contribution in [0.5, 0.6) is 0 Å². The van der Waals surface area contributed by atoms with Crippen molar-refractivity contribution < 1.29 is 9.50 Å². The summed E-state index contributed by atoms with van der Waals surface area (Å²) < 4.78 is 14.2. The summed E-state index contributed by atoms with van der Waals surface area (Å²) in [4.78, 5) is 1.98. The molecular formula is C15H23FN2O. The average molecular weight is 266 g/mol. The summed E-state index contributed by atoms with van der Waals surface area (Å²) in [6.07, 6.45) is 3.03. The lowest BCUT2D eigenvalue weighted by molar-refractivity contribution is 0.266. The Kier molecular flexibility index (Phi) is 5.16. The summed E-state index contributed by atoms with van der Waals surface area (Å²) in [6, 6.07) is 5.48. The first-order valence-corrected chi connectivity index (χ1v) is 7.13. The van der Waals surface area contributed by atoms with Crippen molar-refractivity contribution in [2.24, 2.45) is 0 Å². The van der Waals surface area contributed by atoms with E-state index in [1.54, 1.807) is 6.07 Å². The topological polar surface area (TPSA) is 35.5 Å². The monoisotopic (exact) mass is 266 g/mol. The molecule has 1 atom stereocenters. The van der Waals surface area contributed by atoms with Gasteiger partial charge in [-0.15, -0.1) is 0 Å². The Morgan fingerprint density at radius 3 is 3.00 bits per heavy atom. The van der Waals surface area contributed by atoms with Crippen molar-refractivity contribution in [2.45, 2.75) is 38.8 Å². The Morgan fingerprint density at radius 1 is 1.47 bits per heavy atom. The molecule has 0 radical (unpaired) electrons. The van der Waals surface area contributed by atoms with Gasteiger partial charge in [0.25, 0.3) is 0 Å². The quantitative estimate of drug-likeness (QED) is 0.775. The van der Waals surface area contributed by atoms with Crippen LogP contribution in [0.25, 0.3) is 0 Å². The second kappa shape index (κ2) is 6.87. The van der Waals surface area contributed by atoms with E-state index in [4.69, 9.17) is 0 Å². The van der Waals surface area contributed by atoms with E-state index in [-0.39, 0.29) is 18.5 Å². The third-order valence-corrected chi connectivity index (χ3v) is 3.67. The van der Waals surface area contributed by atoms with E-state index in [1.165, 1.54) is 0 Å². The summed E-state index contributed by atoms with van der Waals surface area (Å²) in [5.41, 5.74) is 1.59. The van der Waals surface area contributed by atoms with Gasteiger partial charge in [-0.25, -0.2) is 4.39 Å². The Morgan fingerprint density at radius 2 is 2.32 bits per heavy atom. The molecule has 0 amide bonds. The molecule has 0 aliphatic carbocycles. The van der Waals surface area contributed by atoms with Gasteiger partial charge in [0, 0.05) is 13.1 Å². The summed E-state index contributed by atoms with van der Waals surface area (Å²) in [5, 5.41) is 12.6. The van der Waals surface area contributed by atoms with Crippen LogP contribution in [0.1, 0.15) is 31.7 Å². The molecule has 1 aliphatic rings. The van der Waals surface area contributed by atoms with Crippen molar-refractivity contribution in [1.82, 2.24) is 5.32 Å². The number of aliphatic hydroxyl groups excluding tert-OH is 1. The molecule has 1 aromatic rings. The Balaban J connectivity index is 2.06. The largest absolute Gasteiger partial charge is 0.394 e. The fourth-order valence-electron chi connectivity index (χ4n) is 2.65. The van der Waals surface area contributed by atoms with Gasteiger partial charge in [0.2, 0.25) is 0 Å². The van der Waals surface area contributed by atoms with Gasteiger partial charge in [-0.1, -0.05) is 13.0 Å². The Bertz CT molecular complexity index is 411. The van der Waals surface area contributed by atoms with Gasteiger partial charge < -0.3 is 15.3 Å². The number of nitrogens with one attached hydrogen (secondary N) is 1. The third-order valence-electron chi connectivity index (χ3n) is 3.67. The van der Waals surface area contributed by atoms with E-state index in [1.807, 2.05) is 17.0 Å². The molecule has 1 aromatic carbocycles. The third kappa shape index (κ3) is 3.45. The van der Waals surface area contributed by atoms with Crippen LogP contribution >= 0.6 is 0 Å². The van der Waals surface area contributed by atoms with Crippen molar-refractivity contribution >= 4 is 5.69 Å². The lowest BCUT2D eigenvalue weighted by Gasteiger charge is -2.26. The van der Waals surface area contributed by atoms with Crippen LogP contribution in [0.3, 0.4) is 0 Å². The first kappa shape index (κ1) is 14.3.